The Kier molecular flexibility index (Phi) is 1.99. The molecule has 0 aliphatic rings. The standard InChI is InChI=1S/C8H9N3S/c1-2-3-7-11-8-6(12-7)4-9-5-10-8/h4-5H,2-3H2,1H3. The van der Waals surface area contributed by atoms with Crippen LogP contribution in [0.25, 0.3) is 10.3 Å². The van der Waals surface area contributed by atoms with E-state index in [0.717, 1.165) is 28.2 Å². The summed E-state index contributed by atoms with van der Waals surface area (Å²) in [4.78, 5) is 12.4. The Labute approximate surface area is 74.5 Å². The van der Waals surface area contributed by atoms with Gasteiger partial charge in [-0.15, -0.1) is 11.3 Å². The quantitative estimate of drug-likeness (QED) is 0.708. The SMILES string of the molecule is CCCc1nc2ncncc2s1. The monoisotopic (exact) mass is 179 g/mol. The number of thiazole rings is 1. The molecule has 0 aliphatic carbocycles. The number of fused-ring (bicyclic) bond motifs is 1. The number of hydrogen-bond acceptors (Lipinski definition) is 4. The lowest BCUT2D eigenvalue weighted by Gasteiger charge is -1.84. The van der Waals surface area contributed by atoms with Gasteiger partial charge in [0.05, 0.1) is 9.71 Å². The third-order valence-corrected chi connectivity index (χ3v) is 2.62. The van der Waals surface area contributed by atoms with Crippen molar-refractivity contribution in [1.29, 1.82) is 0 Å². The molecule has 12 heavy (non-hydrogen) atoms. The average Bonchev–Trinajstić information content (AvgIpc) is 2.47. The predicted molar refractivity (Wildman–Crippen MR) is 49.2 cm³/mol. The molecule has 0 aliphatic heterocycles. The summed E-state index contributed by atoms with van der Waals surface area (Å²) in [5.74, 6) is 0. The van der Waals surface area contributed by atoms with Gasteiger partial charge in [-0.05, 0) is 12.8 Å². The summed E-state index contributed by atoms with van der Waals surface area (Å²) in [5, 5.41) is 1.16. The topological polar surface area (TPSA) is 38.7 Å². The molecule has 0 saturated carbocycles. The van der Waals surface area contributed by atoms with Crippen LogP contribution in [-0.2, 0) is 6.42 Å². The lowest BCUT2D eigenvalue weighted by molar-refractivity contribution is 0.911. The molecule has 0 amide bonds. The van der Waals surface area contributed by atoms with Crippen molar-refractivity contribution in [3.63, 3.8) is 0 Å². The fourth-order valence-electron chi connectivity index (χ4n) is 1.06. The van der Waals surface area contributed by atoms with Crippen molar-refractivity contribution >= 4 is 21.7 Å². The van der Waals surface area contributed by atoms with E-state index in [2.05, 4.69) is 21.9 Å². The van der Waals surface area contributed by atoms with E-state index in [1.54, 1.807) is 11.3 Å². The maximum absolute atomic E-state index is 4.37. The number of aryl methyl sites for hydroxylation is 1. The Morgan fingerprint density at radius 3 is 3.17 bits per heavy atom. The van der Waals surface area contributed by atoms with Crippen LogP contribution in [0.1, 0.15) is 18.4 Å². The molecule has 0 N–H and O–H groups in total. The van der Waals surface area contributed by atoms with Crippen LogP contribution in [0.5, 0.6) is 0 Å². The van der Waals surface area contributed by atoms with Crippen molar-refractivity contribution in [3.05, 3.63) is 17.5 Å². The van der Waals surface area contributed by atoms with Gasteiger partial charge in [-0.3, -0.25) is 0 Å². The highest BCUT2D eigenvalue weighted by atomic mass is 32.1. The summed E-state index contributed by atoms with van der Waals surface area (Å²) >= 11 is 1.69. The second-order valence-corrected chi connectivity index (χ2v) is 3.68. The number of nitrogens with zero attached hydrogens (tertiary/aromatic N) is 3. The first-order valence-electron chi connectivity index (χ1n) is 3.95. The molecule has 62 valence electrons. The summed E-state index contributed by atoms with van der Waals surface area (Å²) in [6.07, 6.45) is 5.53. The molecule has 0 aromatic carbocycles. The van der Waals surface area contributed by atoms with Gasteiger partial charge in [-0.25, -0.2) is 15.0 Å². The van der Waals surface area contributed by atoms with Gasteiger partial charge >= 0.3 is 0 Å². The molecule has 0 atom stereocenters. The van der Waals surface area contributed by atoms with Crippen LogP contribution < -0.4 is 0 Å². The lowest BCUT2D eigenvalue weighted by atomic mass is 10.4. The van der Waals surface area contributed by atoms with Gasteiger partial charge in [0.25, 0.3) is 0 Å². The third-order valence-electron chi connectivity index (χ3n) is 1.58. The molecular formula is C8H9N3S. The Morgan fingerprint density at radius 2 is 2.42 bits per heavy atom. The highest BCUT2D eigenvalue weighted by Gasteiger charge is 2.02. The molecule has 0 bridgehead atoms. The Hall–Kier alpha value is -1.03. The van der Waals surface area contributed by atoms with E-state index in [9.17, 15) is 0 Å². The molecule has 2 aromatic heterocycles. The van der Waals surface area contributed by atoms with E-state index in [1.165, 1.54) is 6.33 Å². The highest BCUT2D eigenvalue weighted by Crippen LogP contribution is 2.19. The van der Waals surface area contributed by atoms with Crippen LogP contribution in [0.15, 0.2) is 12.5 Å². The van der Waals surface area contributed by atoms with Crippen molar-refractivity contribution in [2.45, 2.75) is 19.8 Å². The molecule has 2 rings (SSSR count). The highest BCUT2D eigenvalue weighted by molar-refractivity contribution is 7.18. The molecule has 0 unspecified atom stereocenters. The second-order valence-electron chi connectivity index (χ2n) is 2.57. The molecule has 3 nitrogen and oxygen atoms in total. The van der Waals surface area contributed by atoms with Crippen molar-refractivity contribution in [3.8, 4) is 0 Å². The minimum absolute atomic E-state index is 0.832. The Balaban J connectivity index is 2.47. The normalized spacial score (nSPS) is 10.8. The first kappa shape index (κ1) is 7.61. The van der Waals surface area contributed by atoms with Crippen molar-refractivity contribution in [2.75, 3.05) is 0 Å². The average molecular weight is 179 g/mol. The van der Waals surface area contributed by atoms with E-state index in [0.29, 0.717) is 0 Å². The Morgan fingerprint density at radius 1 is 1.50 bits per heavy atom. The maximum Gasteiger partial charge on any atom is 0.173 e. The minimum Gasteiger partial charge on any atom is -0.243 e. The molecule has 0 fully saturated rings. The van der Waals surface area contributed by atoms with E-state index in [1.807, 2.05) is 6.20 Å². The van der Waals surface area contributed by atoms with Crippen LogP contribution in [-0.4, -0.2) is 15.0 Å². The zero-order chi connectivity index (χ0) is 8.39. The van der Waals surface area contributed by atoms with Crippen LogP contribution >= 0.6 is 11.3 Å². The lowest BCUT2D eigenvalue weighted by Crippen LogP contribution is -1.80. The Bertz CT molecular complexity index is 349. The zero-order valence-corrected chi connectivity index (χ0v) is 7.64. The molecular weight excluding hydrogens is 170 g/mol. The van der Waals surface area contributed by atoms with E-state index in [4.69, 9.17) is 0 Å². The van der Waals surface area contributed by atoms with Gasteiger partial charge in [-0.1, -0.05) is 6.92 Å². The fraction of sp³-hybridized carbons (Fsp3) is 0.375. The largest absolute Gasteiger partial charge is 0.243 e. The molecule has 4 heteroatoms. The number of aromatic nitrogens is 3. The summed E-state index contributed by atoms with van der Waals surface area (Å²) in [6.45, 7) is 2.15. The van der Waals surface area contributed by atoms with E-state index >= 15 is 0 Å². The summed E-state index contributed by atoms with van der Waals surface area (Å²) in [7, 11) is 0. The van der Waals surface area contributed by atoms with E-state index in [-0.39, 0.29) is 0 Å². The van der Waals surface area contributed by atoms with E-state index < -0.39 is 0 Å². The smallest absolute Gasteiger partial charge is 0.173 e. The van der Waals surface area contributed by atoms with Gasteiger partial charge in [-0.2, -0.15) is 0 Å². The van der Waals surface area contributed by atoms with Crippen LogP contribution in [0.2, 0.25) is 0 Å². The number of hydrogen-bond donors (Lipinski definition) is 0. The summed E-state index contributed by atoms with van der Waals surface area (Å²) < 4.78 is 1.08. The third kappa shape index (κ3) is 1.30. The second kappa shape index (κ2) is 3.15. The van der Waals surface area contributed by atoms with Gasteiger partial charge in [0.1, 0.15) is 6.33 Å². The van der Waals surface area contributed by atoms with Crippen LogP contribution in [0.3, 0.4) is 0 Å². The van der Waals surface area contributed by atoms with Gasteiger partial charge in [0.15, 0.2) is 5.65 Å². The molecule has 0 radical (unpaired) electrons. The van der Waals surface area contributed by atoms with Crippen molar-refractivity contribution in [1.82, 2.24) is 15.0 Å². The maximum atomic E-state index is 4.37. The van der Waals surface area contributed by atoms with Crippen molar-refractivity contribution < 1.29 is 0 Å². The van der Waals surface area contributed by atoms with Crippen molar-refractivity contribution in [2.24, 2.45) is 0 Å². The minimum atomic E-state index is 0.832. The van der Waals surface area contributed by atoms with Crippen LogP contribution in [0.4, 0.5) is 0 Å². The predicted octanol–water partition coefficient (Wildman–Crippen LogP) is 2.04. The first-order chi connectivity index (χ1) is 5.90. The number of rotatable bonds is 2. The molecule has 2 heterocycles. The molecule has 2 aromatic rings. The first-order valence-corrected chi connectivity index (χ1v) is 4.77. The van der Waals surface area contributed by atoms with Gasteiger partial charge < -0.3 is 0 Å². The van der Waals surface area contributed by atoms with Crippen LogP contribution in [0, 0.1) is 0 Å². The van der Waals surface area contributed by atoms with Gasteiger partial charge in [0.2, 0.25) is 0 Å². The summed E-state index contributed by atoms with van der Waals surface area (Å²) in [5.41, 5.74) is 0.832. The summed E-state index contributed by atoms with van der Waals surface area (Å²) in [6, 6.07) is 0. The zero-order valence-electron chi connectivity index (χ0n) is 6.82. The fourth-order valence-corrected chi connectivity index (χ4v) is 2.05. The molecule has 0 saturated heterocycles. The van der Waals surface area contributed by atoms with Gasteiger partial charge in [0, 0.05) is 6.20 Å². The molecule has 0 spiro atoms.